The number of ether oxygens (including phenoxy) is 5. The van der Waals surface area contributed by atoms with Crippen LogP contribution in [0, 0.1) is 5.82 Å². The van der Waals surface area contributed by atoms with Gasteiger partial charge in [-0.2, -0.15) is 8.36 Å². The molecule has 5 atom stereocenters. The molecular weight excluding hydrogens is 599 g/mol. The van der Waals surface area contributed by atoms with Crippen LogP contribution in [0.1, 0.15) is 46.4 Å². The SMILES string of the molecule is CCc1ccc(S(=O)(=O)n2cc(F)c(=O)n([C@@H]3O[C@H](COC(C)=O)[C@@H](OC(C)=O)[C@H](OC(C)=O)[C@H]3OC(C)=O)c2=O)cc1. The second-order valence-electron chi connectivity index (χ2n) is 9.32. The number of halogens is 1. The Balaban J connectivity index is 2.30. The number of hydrogen-bond donors (Lipinski definition) is 0. The summed E-state index contributed by atoms with van der Waals surface area (Å²) in [6.45, 7) is 4.97. The number of carbonyl (C=O) groups excluding carboxylic acids is 4. The van der Waals surface area contributed by atoms with Gasteiger partial charge < -0.3 is 23.7 Å². The van der Waals surface area contributed by atoms with E-state index in [0.717, 1.165) is 33.3 Å². The topological polar surface area (TPSA) is 193 Å². The second kappa shape index (κ2) is 13.3. The predicted molar refractivity (Wildman–Crippen MR) is 141 cm³/mol. The minimum atomic E-state index is -4.81. The number of aromatic nitrogens is 2. The van der Waals surface area contributed by atoms with Gasteiger partial charge in [0, 0.05) is 27.7 Å². The standard InChI is InChI=1S/C26H29FN2O13S/c1-6-17-7-9-18(10-8-17)43(36,37)28-11-19(27)24(34)29(26(28)35)25-23(41-16(5)33)22(40-15(4)32)21(39-14(3)31)20(42-25)12-38-13(2)30/h7-11,20-23,25H,6,12H2,1-5H3/t20-,21-,22+,23-,25-/m1/s1. The number of nitrogens with zero attached hydrogens (tertiary/aromatic N) is 2. The third kappa shape index (κ3) is 7.34. The van der Waals surface area contributed by atoms with Crippen molar-refractivity contribution in [2.45, 2.75) is 76.6 Å². The molecular formula is C26H29FN2O13S. The molecule has 2 heterocycles. The lowest BCUT2D eigenvalue weighted by molar-refractivity contribution is -0.269. The van der Waals surface area contributed by atoms with Crippen molar-refractivity contribution in [3.8, 4) is 0 Å². The van der Waals surface area contributed by atoms with E-state index in [9.17, 15) is 37.2 Å². The molecule has 1 aliphatic heterocycles. The molecule has 1 aliphatic rings. The molecule has 15 nitrogen and oxygen atoms in total. The van der Waals surface area contributed by atoms with E-state index in [2.05, 4.69) is 0 Å². The van der Waals surface area contributed by atoms with Crippen molar-refractivity contribution in [1.29, 1.82) is 0 Å². The summed E-state index contributed by atoms with van der Waals surface area (Å²) in [5.41, 5.74) is -2.58. The normalized spacial score (nSPS) is 21.9. The third-order valence-corrected chi connectivity index (χ3v) is 7.80. The predicted octanol–water partition coefficient (Wildman–Crippen LogP) is 0.204. The number of aryl methyl sites for hydroxylation is 1. The second-order valence-corrected chi connectivity index (χ2v) is 11.1. The summed E-state index contributed by atoms with van der Waals surface area (Å²) >= 11 is 0. The molecule has 3 rings (SSSR count). The van der Waals surface area contributed by atoms with E-state index in [-0.39, 0.29) is 14.7 Å². The van der Waals surface area contributed by atoms with Crippen LogP contribution in [0.2, 0.25) is 0 Å². The molecule has 2 aromatic rings. The minimum absolute atomic E-state index is 0.0160. The van der Waals surface area contributed by atoms with E-state index < -0.39 is 93.1 Å². The maximum absolute atomic E-state index is 15.1. The van der Waals surface area contributed by atoms with Gasteiger partial charge in [0.1, 0.15) is 12.7 Å². The lowest BCUT2D eigenvalue weighted by atomic mass is 9.97. The highest BCUT2D eigenvalue weighted by Crippen LogP contribution is 2.33. The Hall–Kier alpha value is -4.38. The van der Waals surface area contributed by atoms with Crippen LogP contribution in [-0.2, 0) is 59.3 Å². The molecule has 0 N–H and O–H groups in total. The lowest BCUT2D eigenvalue weighted by Crippen LogP contribution is -2.63. The maximum Gasteiger partial charge on any atom is 0.347 e. The third-order valence-electron chi connectivity index (χ3n) is 6.16. The molecule has 43 heavy (non-hydrogen) atoms. The van der Waals surface area contributed by atoms with Crippen molar-refractivity contribution < 1.29 is 55.7 Å². The molecule has 0 amide bonds. The van der Waals surface area contributed by atoms with Crippen LogP contribution in [0.4, 0.5) is 4.39 Å². The Bertz CT molecular complexity index is 1630. The molecule has 0 bridgehead atoms. The van der Waals surface area contributed by atoms with E-state index in [0.29, 0.717) is 6.42 Å². The molecule has 17 heteroatoms. The van der Waals surface area contributed by atoms with Gasteiger partial charge in [-0.25, -0.2) is 17.8 Å². The average Bonchev–Trinajstić information content (AvgIpc) is 2.91. The number of rotatable bonds is 9. The van der Waals surface area contributed by atoms with E-state index in [1.165, 1.54) is 24.3 Å². The highest BCUT2D eigenvalue weighted by atomic mass is 32.2. The molecule has 1 aromatic heterocycles. The van der Waals surface area contributed by atoms with Gasteiger partial charge in [-0.3, -0.25) is 24.0 Å². The molecule has 1 aromatic carbocycles. The van der Waals surface area contributed by atoms with Gasteiger partial charge in [-0.05, 0) is 24.1 Å². The zero-order valence-corrected chi connectivity index (χ0v) is 24.5. The monoisotopic (exact) mass is 628 g/mol. The van der Waals surface area contributed by atoms with Crippen molar-refractivity contribution in [2.75, 3.05) is 6.61 Å². The molecule has 0 saturated carbocycles. The van der Waals surface area contributed by atoms with Crippen molar-refractivity contribution in [2.24, 2.45) is 0 Å². The Morgan fingerprint density at radius 1 is 0.860 bits per heavy atom. The number of carbonyl (C=O) groups is 4. The first-order valence-corrected chi connectivity index (χ1v) is 14.2. The van der Waals surface area contributed by atoms with Crippen LogP contribution in [0.5, 0.6) is 0 Å². The zero-order chi connectivity index (χ0) is 32.2. The largest absolute Gasteiger partial charge is 0.463 e. The molecule has 0 spiro atoms. The van der Waals surface area contributed by atoms with Gasteiger partial charge >= 0.3 is 29.6 Å². The zero-order valence-electron chi connectivity index (χ0n) is 23.7. The van der Waals surface area contributed by atoms with Gasteiger partial charge in [0.05, 0.1) is 11.1 Å². The van der Waals surface area contributed by atoms with Crippen LogP contribution in [0.25, 0.3) is 0 Å². The number of benzene rings is 1. The summed E-state index contributed by atoms with van der Waals surface area (Å²) in [4.78, 5) is 74.0. The summed E-state index contributed by atoms with van der Waals surface area (Å²) in [5.74, 6) is -5.57. The van der Waals surface area contributed by atoms with Crippen molar-refractivity contribution in [3.63, 3.8) is 0 Å². The summed E-state index contributed by atoms with van der Waals surface area (Å²) < 4.78 is 68.3. The average molecular weight is 629 g/mol. The van der Waals surface area contributed by atoms with Gasteiger partial charge in [0.2, 0.25) is 5.82 Å². The first-order chi connectivity index (χ1) is 20.1. The molecule has 0 radical (unpaired) electrons. The lowest BCUT2D eigenvalue weighted by Gasteiger charge is -2.44. The van der Waals surface area contributed by atoms with Crippen LogP contribution < -0.4 is 11.2 Å². The summed E-state index contributed by atoms with van der Waals surface area (Å²) in [7, 11) is -4.81. The highest BCUT2D eigenvalue weighted by Gasteiger charge is 2.54. The fourth-order valence-electron chi connectivity index (χ4n) is 4.34. The first-order valence-electron chi connectivity index (χ1n) is 12.8. The number of hydrogen-bond acceptors (Lipinski definition) is 13. The van der Waals surface area contributed by atoms with Gasteiger partial charge in [0.25, 0.3) is 15.6 Å². The molecule has 0 aliphatic carbocycles. The Morgan fingerprint density at radius 3 is 1.91 bits per heavy atom. The van der Waals surface area contributed by atoms with Gasteiger partial charge in [0.15, 0.2) is 24.5 Å². The van der Waals surface area contributed by atoms with E-state index in [1.807, 2.05) is 6.92 Å². The summed E-state index contributed by atoms with van der Waals surface area (Å²) in [5, 5.41) is 0. The van der Waals surface area contributed by atoms with Crippen LogP contribution in [0.15, 0.2) is 44.9 Å². The molecule has 1 fully saturated rings. The van der Waals surface area contributed by atoms with Crippen molar-refractivity contribution in [3.05, 3.63) is 62.7 Å². The number of esters is 4. The molecule has 1 saturated heterocycles. The summed E-state index contributed by atoms with van der Waals surface area (Å²) in [6.07, 6.45) is -8.47. The summed E-state index contributed by atoms with van der Waals surface area (Å²) in [6, 6.07) is 5.32. The fraction of sp³-hybridized carbons (Fsp3) is 0.462. The fourth-order valence-corrected chi connectivity index (χ4v) is 5.57. The van der Waals surface area contributed by atoms with E-state index in [4.69, 9.17) is 23.7 Å². The Morgan fingerprint density at radius 2 is 1.40 bits per heavy atom. The smallest absolute Gasteiger partial charge is 0.347 e. The van der Waals surface area contributed by atoms with Crippen LogP contribution >= 0.6 is 0 Å². The van der Waals surface area contributed by atoms with E-state index >= 15 is 4.39 Å². The minimum Gasteiger partial charge on any atom is -0.463 e. The van der Waals surface area contributed by atoms with Gasteiger partial charge in [-0.15, -0.1) is 0 Å². The quantitative estimate of drug-likeness (QED) is 0.270. The van der Waals surface area contributed by atoms with Crippen molar-refractivity contribution >= 4 is 33.9 Å². The molecule has 0 unspecified atom stereocenters. The van der Waals surface area contributed by atoms with E-state index in [1.54, 1.807) is 0 Å². The molecule has 234 valence electrons. The Labute approximate surface area is 244 Å². The van der Waals surface area contributed by atoms with Gasteiger partial charge in [-0.1, -0.05) is 19.1 Å². The Kier molecular flexibility index (Phi) is 10.2. The first kappa shape index (κ1) is 33.1. The van der Waals surface area contributed by atoms with Crippen molar-refractivity contribution in [1.82, 2.24) is 8.54 Å². The van der Waals surface area contributed by atoms with Crippen LogP contribution in [-0.4, -0.2) is 71.9 Å². The maximum atomic E-state index is 15.1. The van der Waals surface area contributed by atoms with Crippen LogP contribution in [0.3, 0.4) is 0 Å². The highest BCUT2D eigenvalue weighted by molar-refractivity contribution is 7.90.